The van der Waals surface area contributed by atoms with Crippen molar-refractivity contribution in [2.75, 3.05) is 13.2 Å². The molecule has 1 unspecified atom stereocenters. The molecule has 2 rings (SSSR count). The van der Waals surface area contributed by atoms with Crippen LogP contribution in [0.15, 0.2) is 24.3 Å². The van der Waals surface area contributed by atoms with Crippen LogP contribution in [-0.4, -0.2) is 18.8 Å². The summed E-state index contributed by atoms with van der Waals surface area (Å²) in [7, 11) is 0. The van der Waals surface area contributed by atoms with Crippen LogP contribution in [0.3, 0.4) is 0 Å². The highest BCUT2D eigenvalue weighted by atomic mass is 16.5. The minimum Gasteiger partial charge on any atom is -0.379 e. The molecule has 1 aromatic rings. The number of nitrogens with two attached hydrogens (primary N) is 1. The molecule has 1 aliphatic rings. The van der Waals surface area contributed by atoms with E-state index in [1.54, 1.807) is 0 Å². The molecule has 0 aliphatic carbocycles. The third-order valence-electron chi connectivity index (χ3n) is 3.34. The largest absolute Gasteiger partial charge is 0.379 e. The Morgan fingerprint density at radius 1 is 1.31 bits per heavy atom. The van der Waals surface area contributed by atoms with Crippen LogP contribution in [0, 0.1) is 0 Å². The standard InChI is InChI=1S/C14H21NO/c1-11(2)13-5-3-12(4-6-13)9-14(15)7-8-16-10-14/h3-6,11H,7-10,15H2,1-2H3. The van der Waals surface area contributed by atoms with E-state index in [9.17, 15) is 0 Å². The minimum atomic E-state index is -0.140. The van der Waals surface area contributed by atoms with E-state index in [0.29, 0.717) is 12.5 Å². The Bertz CT molecular complexity index is 336. The summed E-state index contributed by atoms with van der Waals surface area (Å²) < 4.78 is 5.37. The van der Waals surface area contributed by atoms with Crippen LogP contribution in [0.5, 0.6) is 0 Å². The summed E-state index contributed by atoms with van der Waals surface area (Å²) in [5.41, 5.74) is 8.83. The third-order valence-corrected chi connectivity index (χ3v) is 3.34. The van der Waals surface area contributed by atoms with Crippen molar-refractivity contribution in [1.29, 1.82) is 0 Å². The van der Waals surface area contributed by atoms with Gasteiger partial charge >= 0.3 is 0 Å². The SMILES string of the molecule is CC(C)c1ccc(CC2(N)CCOC2)cc1. The molecule has 0 bridgehead atoms. The van der Waals surface area contributed by atoms with Crippen molar-refractivity contribution in [2.45, 2.75) is 38.1 Å². The first-order chi connectivity index (χ1) is 7.59. The van der Waals surface area contributed by atoms with Gasteiger partial charge in [-0.25, -0.2) is 0 Å². The van der Waals surface area contributed by atoms with Crippen molar-refractivity contribution >= 4 is 0 Å². The van der Waals surface area contributed by atoms with Gasteiger partial charge in [0.05, 0.1) is 6.61 Å². The first-order valence-corrected chi connectivity index (χ1v) is 6.04. The van der Waals surface area contributed by atoms with Crippen molar-refractivity contribution in [2.24, 2.45) is 5.73 Å². The topological polar surface area (TPSA) is 35.2 Å². The molecule has 2 nitrogen and oxygen atoms in total. The van der Waals surface area contributed by atoms with Gasteiger partial charge in [-0.3, -0.25) is 0 Å². The van der Waals surface area contributed by atoms with Gasteiger partial charge in [0.25, 0.3) is 0 Å². The first kappa shape index (κ1) is 11.6. The molecule has 1 heterocycles. The maximum absolute atomic E-state index is 6.26. The van der Waals surface area contributed by atoms with E-state index < -0.39 is 0 Å². The second kappa shape index (κ2) is 4.56. The molecule has 1 saturated heterocycles. The fraction of sp³-hybridized carbons (Fsp3) is 0.571. The molecular formula is C14H21NO. The number of hydrogen-bond donors (Lipinski definition) is 1. The van der Waals surface area contributed by atoms with Crippen LogP contribution in [0.2, 0.25) is 0 Å². The Labute approximate surface area is 97.8 Å². The lowest BCUT2D eigenvalue weighted by Gasteiger charge is -2.21. The van der Waals surface area contributed by atoms with Gasteiger partial charge in [0, 0.05) is 12.1 Å². The van der Waals surface area contributed by atoms with Crippen LogP contribution in [0.1, 0.15) is 37.3 Å². The van der Waals surface area contributed by atoms with Gasteiger partial charge in [-0.05, 0) is 29.9 Å². The van der Waals surface area contributed by atoms with Crippen LogP contribution >= 0.6 is 0 Å². The van der Waals surface area contributed by atoms with Crippen molar-refractivity contribution < 1.29 is 4.74 Å². The van der Waals surface area contributed by atoms with Crippen molar-refractivity contribution in [3.05, 3.63) is 35.4 Å². The first-order valence-electron chi connectivity index (χ1n) is 6.04. The van der Waals surface area contributed by atoms with Gasteiger partial charge in [-0.2, -0.15) is 0 Å². The molecule has 0 radical (unpaired) electrons. The molecule has 1 aromatic carbocycles. The molecule has 88 valence electrons. The fourth-order valence-corrected chi connectivity index (χ4v) is 2.19. The molecular weight excluding hydrogens is 198 g/mol. The zero-order valence-electron chi connectivity index (χ0n) is 10.2. The molecule has 1 fully saturated rings. The summed E-state index contributed by atoms with van der Waals surface area (Å²) >= 11 is 0. The van der Waals surface area contributed by atoms with Crippen molar-refractivity contribution in [3.8, 4) is 0 Å². The Morgan fingerprint density at radius 3 is 2.50 bits per heavy atom. The lowest BCUT2D eigenvalue weighted by molar-refractivity contribution is 0.178. The Kier molecular flexibility index (Phi) is 3.31. The maximum Gasteiger partial charge on any atom is 0.0650 e. The van der Waals surface area contributed by atoms with Gasteiger partial charge in [0.2, 0.25) is 0 Å². The molecule has 0 spiro atoms. The summed E-state index contributed by atoms with van der Waals surface area (Å²) in [6, 6.07) is 8.81. The number of hydrogen-bond acceptors (Lipinski definition) is 2. The van der Waals surface area contributed by atoms with Crippen LogP contribution in [0.25, 0.3) is 0 Å². The molecule has 0 amide bonds. The zero-order valence-corrected chi connectivity index (χ0v) is 10.2. The van der Waals surface area contributed by atoms with Crippen LogP contribution in [0.4, 0.5) is 0 Å². The van der Waals surface area contributed by atoms with Gasteiger partial charge < -0.3 is 10.5 Å². The second-order valence-corrected chi connectivity index (χ2v) is 5.24. The van der Waals surface area contributed by atoms with E-state index in [-0.39, 0.29) is 5.54 Å². The van der Waals surface area contributed by atoms with E-state index in [1.807, 2.05) is 0 Å². The van der Waals surface area contributed by atoms with E-state index in [1.165, 1.54) is 11.1 Å². The van der Waals surface area contributed by atoms with Gasteiger partial charge in [0.15, 0.2) is 0 Å². The summed E-state index contributed by atoms with van der Waals surface area (Å²) in [6.45, 7) is 5.92. The highest BCUT2D eigenvalue weighted by Crippen LogP contribution is 2.22. The lowest BCUT2D eigenvalue weighted by Crippen LogP contribution is -2.42. The van der Waals surface area contributed by atoms with Gasteiger partial charge in [-0.1, -0.05) is 38.1 Å². The predicted octanol–water partition coefficient (Wildman–Crippen LogP) is 2.47. The average Bonchev–Trinajstić information content (AvgIpc) is 2.65. The molecule has 1 aliphatic heterocycles. The van der Waals surface area contributed by atoms with Crippen LogP contribution in [-0.2, 0) is 11.2 Å². The maximum atomic E-state index is 6.26. The van der Waals surface area contributed by atoms with Gasteiger partial charge in [-0.15, -0.1) is 0 Å². The molecule has 2 heteroatoms. The lowest BCUT2D eigenvalue weighted by atomic mass is 9.90. The average molecular weight is 219 g/mol. The second-order valence-electron chi connectivity index (χ2n) is 5.24. The number of benzene rings is 1. The third kappa shape index (κ3) is 2.63. The zero-order chi connectivity index (χ0) is 11.6. The quantitative estimate of drug-likeness (QED) is 0.847. The molecule has 16 heavy (non-hydrogen) atoms. The molecule has 1 atom stereocenters. The normalized spacial score (nSPS) is 25.2. The fourth-order valence-electron chi connectivity index (χ4n) is 2.19. The summed E-state index contributed by atoms with van der Waals surface area (Å²) in [5.74, 6) is 0.593. The van der Waals surface area contributed by atoms with E-state index in [4.69, 9.17) is 10.5 Å². The Balaban J connectivity index is 2.05. The van der Waals surface area contributed by atoms with E-state index in [2.05, 4.69) is 38.1 Å². The smallest absolute Gasteiger partial charge is 0.0650 e. The highest BCUT2D eigenvalue weighted by Gasteiger charge is 2.30. The van der Waals surface area contributed by atoms with Crippen molar-refractivity contribution in [3.63, 3.8) is 0 Å². The minimum absolute atomic E-state index is 0.140. The van der Waals surface area contributed by atoms with E-state index >= 15 is 0 Å². The monoisotopic (exact) mass is 219 g/mol. The summed E-state index contributed by atoms with van der Waals surface area (Å²) in [6.07, 6.45) is 1.89. The Morgan fingerprint density at radius 2 is 2.00 bits per heavy atom. The van der Waals surface area contributed by atoms with Crippen molar-refractivity contribution in [1.82, 2.24) is 0 Å². The summed E-state index contributed by atoms with van der Waals surface area (Å²) in [4.78, 5) is 0. The molecule has 0 aromatic heterocycles. The highest BCUT2D eigenvalue weighted by molar-refractivity contribution is 5.26. The number of rotatable bonds is 3. The van der Waals surface area contributed by atoms with Crippen LogP contribution < -0.4 is 5.73 Å². The van der Waals surface area contributed by atoms with Gasteiger partial charge in [0.1, 0.15) is 0 Å². The Hall–Kier alpha value is -0.860. The van der Waals surface area contributed by atoms with E-state index in [0.717, 1.165) is 19.4 Å². The molecule has 2 N–H and O–H groups in total. The predicted molar refractivity (Wildman–Crippen MR) is 66.6 cm³/mol. The molecule has 0 saturated carbocycles. The summed E-state index contributed by atoms with van der Waals surface area (Å²) in [5, 5.41) is 0. The number of ether oxygens (including phenoxy) is 1.